The average molecular weight is 355 g/mol. The number of ether oxygens (including phenoxy) is 2. The van der Waals surface area contributed by atoms with E-state index in [0.29, 0.717) is 31.0 Å². The van der Waals surface area contributed by atoms with Crippen molar-refractivity contribution in [2.45, 2.75) is 25.6 Å². The molecule has 114 valence electrons. The molecule has 0 aromatic heterocycles. The van der Waals surface area contributed by atoms with Gasteiger partial charge in [-0.25, -0.2) is 0 Å². The first-order valence-electron chi connectivity index (χ1n) is 7.14. The fourth-order valence-corrected chi connectivity index (χ4v) is 3.46. The molecule has 0 atom stereocenters. The normalized spacial score (nSPS) is 21.0. The van der Waals surface area contributed by atoms with Crippen LogP contribution in [0.1, 0.15) is 28.8 Å². The van der Waals surface area contributed by atoms with Gasteiger partial charge >= 0.3 is 0 Å². The summed E-state index contributed by atoms with van der Waals surface area (Å²) in [6.07, 6.45) is 1.73. The molecule has 21 heavy (non-hydrogen) atoms. The molecular weight excluding hydrogens is 336 g/mol. The van der Waals surface area contributed by atoms with E-state index in [1.807, 2.05) is 24.0 Å². The van der Waals surface area contributed by atoms with Gasteiger partial charge in [-0.05, 0) is 31.0 Å². The predicted molar refractivity (Wildman–Crippen MR) is 83.1 cm³/mol. The molecule has 2 aliphatic heterocycles. The van der Waals surface area contributed by atoms with Crippen molar-refractivity contribution in [1.82, 2.24) is 4.90 Å². The number of benzene rings is 1. The number of halogens is 1. The van der Waals surface area contributed by atoms with Crippen LogP contribution in [0.15, 0.2) is 16.6 Å². The predicted octanol–water partition coefficient (Wildman–Crippen LogP) is 2.32. The Bertz CT molecular complexity index is 570. The van der Waals surface area contributed by atoms with Crippen molar-refractivity contribution in [3.63, 3.8) is 0 Å². The molecule has 2 aliphatic rings. The molecule has 1 amide bonds. The van der Waals surface area contributed by atoms with Gasteiger partial charge in [0.05, 0.1) is 19.8 Å². The number of hydrogen-bond acceptors (Lipinski definition) is 4. The molecule has 2 saturated heterocycles. The third-order valence-corrected chi connectivity index (χ3v) is 4.62. The lowest BCUT2D eigenvalue weighted by atomic mass is 10.0. The second kappa shape index (κ2) is 5.59. The monoisotopic (exact) mass is 354 g/mol. The van der Waals surface area contributed by atoms with E-state index in [9.17, 15) is 4.79 Å². The second-order valence-corrected chi connectivity index (χ2v) is 6.52. The largest absolute Gasteiger partial charge is 0.398 e. The topological polar surface area (TPSA) is 64.8 Å². The molecule has 0 unspecified atom stereocenters. The lowest BCUT2D eigenvalue weighted by Crippen LogP contribution is -2.51. The van der Waals surface area contributed by atoms with Crippen LogP contribution in [-0.4, -0.2) is 42.9 Å². The van der Waals surface area contributed by atoms with Crippen molar-refractivity contribution >= 4 is 27.5 Å². The van der Waals surface area contributed by atoms with Crippen LogP contribution in [0, 0.1) is 6.92 Å². The van der Waals surface area contributed by atoms with Crippen molar-refractivity contribution in [1.29, 1.82) is 0 Å². The van der Waals surface area contributed by atoms with Crippen LogP contribution in [0.4, 0.5) is 5.69 Å². The number of piperidine rings is 1. The van der Waals surface area contributed by atoms with E-state index in [1.165, 1.54) is 0 Å². The number of carbonyl (C=O) groups is 1. The number of amides is 1. The number of anilines is 1. The molecule has 6 heteroatoms. The highest BCUT2D eigenvalue weighted by molar-refractivity contribution is 9.10. The minimum absolute atomic E-state index is 0.0151. The zero-order valence-electron chi connectivity index (χ0n) is 12.0. The Morgan fingerprint density at radius 3 is 2.81 bits per heavy atom. The fraction of sp³-hybridized carbons (Fsp3) is 0.533. The highest BCUT2D eigenvalue weighted by atomic mass is 79.9. The number of carbonyl (C=O) groups excluding carboxylic acids is 1. The van der Waals surface area contributed by atoms with E-state index < -0.39 is 5.79 Å². The molecule has 5 nitrogen and oxygen atoms in total. The van der Waals surface area contributed by atoms with Gasteiger partial charge < -0.3 is 20.1 Å². The number of nitrogen functional groups attached to an aromatic ring is 1. The molecule has 1 aromatic carbocycles. The van der Waals surface area contributed by atoms with Crippen LogP contribution < -0.4 is 5.73 Å². The number of likely N-dealkylation sites (tertiary alicyclic amines) is 1. The summed E-state index contributed by atoms with van der Waals surface area (Å²) in [6.45, 7) is 4.28. The van der Waals surface area contributed by atoms with Gasteiger partial charge in [0, 0.05) is 28.7 Å². The van der Waals surface area contributed by atoms with Gasteiger partial charge in [-0.1, -0.05) is 15.9 Å². The third-order valence-electron chi connectivity index (χ3n) is 4.16. The lowest BCUT2D eigenvalue weighted by molar-refractivity contribution is -0.183. The van der Waals surface area contributed by atoms with Gasteiger partial charge in [0.15, 0.2) is 5.79 Å². The van der Waals surface area contributed by atoms with Crippen LogP contribution in [-0.2, 0) is 9.47 Å². The van der Waals surface area contributed by atoms with Crippen LogP contribution >= 0.6 is 15.9 Å². The second-order valence-electron chi connectivity index (χ2n) is 5.61. The van der Waals surface area contributed by atoms with Crippen molar-refractivity contribution in [2.75, 3.05) is 32.0 Å². The summed E-state index contributed by atoms with van der Waals surface area (Å²) in [5.41, 5.74) is 8.02. The van der Waals surface area contributed by atoms with Gasteiger partial charge in [0.25, 0.3) is 5.91 Å². The minimum Gasteiger partial charge on any atom is -0.398 e. The molecule has 3 rings (SSSR count). The number of rotatable bonds is 1. The van der Waals surface area contributed by atoms with Gasteiger partial charge in [-0.15, -0.1) is 0 Å². The maximum absolute atomic E-state index is 12.8. The Morgan fingerprint density at radius 2 is 2.10 bits per heavy atom. The molecule has 2 heterocycles. The maximum Gasteiger partial charge on any atom is 0.254 e. The SMILES string of the molecule is Cc1c(N)cc(Br)cc1C(=O)N1CCCC2(C1)OCCO2. The first-order chi connectivity index (χ1) is 10.0. The van der Waals surface area contributed by atoms with Crippen LogP contribution in [0.5, 0.6) is 0 Å². The summed E-state index contributed by atoms with van der Waals surface area (Å²) >= 11 is 3.40. The quantitative estimate of drug-likeness (QED) is 0.786. The Morgan fingerprint density at radius 1 is 1.38 bits per heavy atom. The molecule has 2 fully saturated rings. The van der Waals surface area contributed by atoms with E-state index >= 15 is 0 Å². The Kier molecular flexibility index (Phi) is 3.94. The fourth-order valence-electron chi connectivity index (χ4n) is 2.99. The molecular formula is C15H19BrN2O3. The van der Waals surface area contributed by atoms with Crippen LogP contribution in [0.2, 0.25) is 0 Å². The number of hydrogen-bond donors (Lipinski definition) is 1. The molecule has 0 saturated carbocycles. The molecule has 0 aliphatic carbocycles. The molecule has 0 radical (unpaired) electrons. The summed E-state index contributed by atoms with van der Waals surface area (Å²) in [5, 5.41) is 0. The molecule has 1 aromatic rings. The first-order valence-corrected chi connectivity index (χ1v) is 7.93. The zero-order chi connectivity index (χ0) is 15.0. The first kappa shape index (κ1) is 14.8. The van der Waals surface area contributed by atoms with Gasteiger partial charge in [-0.2, -0.15) is 0 Å². The van der Waals surface area contributed by atoms with Crippen molar-refractivity contribution < 1.29 is 14.3 Å². The van der Waals surface area contributed by atoms with Crippen molar-refractivity contribution in [2.24, 2.45) is 0 Å². The third kappa shape index (κ3) is 2.80. The Labute approximate surface area is 132 Å². The van der Waals surface area contributed by atoms with E-state index in [2.05, 4.69) is 15.9 Å². The highest BCUT2D eigenvalue weighted by Gasteiger charge is 2.42. The number of nitrogens with two attached hydrogens (primary N) is 1. The van der Waals surface area contributed by atoms with E-state index in [-0.39, 0.29) is 5.91 Å². The molecule has 1 spiro atoms. The van der Waals surface area contributed by atoms with Crippen LogP contribution in [0.25, 0.3) is 0 Å². The summed E-state index contributed by atoms with van der Waals surface area (Å²) in [5.74, 6) is -0.613. The van der Waals surface area contributed by atoms with Crippen molar-refractivity contribution in [3.05, 3.63) is 27.7 Å². The Balaban J connectivity index is 1.85. The van der Waals surface area contributed by atoms with Crippen LogP contribution in [0.3, 0.4) is 0 Å². The highest BCUT2D eigenvalue weighted by Crippen LogP contribution is 2.32. The van der Waals surface area contributed by atoms with Gasteiger partial charge in [-0.3, -0.25) is 4.79 Å². The maximum atomic E-state index is 12.8. The zero-order valence-corrected chi connectivity index (χ0v) is 13.6. The van der Waals surface area contributed by atoms with Gasteiger partial charge in [0.1, 0.15) is 0 Å². The Hall–Kier alpha value is -1.11. The van der Waals surface area contributed by atoms with E-state index in [4.69, 9.17) is 15.2 Å². The minimum atomic E-state index is -0.598. The average Bonchev–Trinajstić information content (AvgIpc) is 2.90. The number of nitrogens with zero attached hydrogens (tertiary/aromatic N) is 1. The molecule has 0 bridgehead atoms. The van der Waals surface area contributed by atoms with E-state index in [1.54, 1.807) is 0 Å². The summed E-state index contributed by atoms with van der Waals surface area (Å²) in [4.78, 5) is 14.6. The standard InChI is InChI=1S/C15H19BrN2O3/c1-10-12(7-11(16)8-13(10)17)14(19)18-4-2-3-15(9-18)20-5-6-21-15/h7-8H,2-6,9,17H2,1H3. The van der Waals surface area contributed by atoms with Gasteiger partial charge in [0.2, 0.25) is 0 Å². The summed E-state index contributed by atoms with van der Waals surface area (Å²) in [7, 11) is 0. The van der Waals surface area contributed by atoms with Crippen molar-refractivity contribution in [3.8, 4) is 0 Å². The smallest absolute Gasteiger partial charge is 0.254 e. The molecule has 2 N–H and O–H groups in total. The van der Waals surface area contributed by atoms with E-state index in [0.717, 1.165) is 29.4 Å². The summed E-state index contributed by atoms with van der Waals surface area (Å²) in [6, 6.07) is 3.64. The lowest BCUT2D eigenvalue weighted by Gasteiger charge is -2.38. The summed E-state index contributed by atoms with van der Waals surface area (Å²) < 4.78 is 12.3.